The number of benzene rings is 1. The second-order valence-corrected chi connectivity index (χ2v) is 2.04. The maximum Gasteiger partial charge on any atom is 0.248 e. The van der Waals surface area contributed by atoms with Gasteiger partial charge in [-0.15, -0.1) is 0 Å². The molecule has 62 valence electrons. The molecule has 1 aromatic carbocycles. The van der Waals surface area contributed by atoms with E-state index in [4.69, 9.17) is 11.1 Å². The number of primary amides is 1. The summed E-state index contributed by atoms with van der Waals surface area (Å²) in [4.78, 5) is 10.4. The van der Waals surface area contributed by atoms with Gasteiger partial charge in [0.05, 0.1) is 5.16 Å². The zero-order chi connectivity index (χ0) is 9.40. The Labute approximate surface area is 75.7 Å². The third-order valence-electron chi connectivity index (χ3n) is 1.06. The molecular formula is C8H8N2OS. The van der Waals surface area contributed by atoms with Crippen LogP contribution in [0.15, 0.2) is 30.3 Å². The van der Waals surface area contributed by atoms with Gasteiger partial charge in [-0.2, -0.15) is 0 Å². The van der Waals surface area contributed by atoms with Crippen LogP contribution in [0.2, 0.25) is 0 Å². The van der Waals surface area contributed by atoms with Crippen LogP contribution in [-0.2, 0) is 0 Å². The van der Waals surface area contributed by atoms with Gasteiger partial charge in [0.25, 0.3) is 0 Å². The number of thiocarbonyl (C=S) groups is 1. The van der Waals surface area contributed by atoms with E-state index in [0.717, 1.165) is 0 Å². The van der Waals surface area contributed by atoms with Gasteiger partial charge in [-0.25, -0.2) is 5.41 Å². The first-order chi connectivity index (χ1) is 5.72. The second-order valence-electron chi connectivity index (χ2n) is 1.83. The Morgan fingerprint density at radius 2 is 1.83 bits per heavy atom. The summed E-state index contributed by atoms with van der Waals surface area (Å²) in [6, 6.07) is 8.76. The van der Waals surface area contributed by atoms with Gasteiger partial charge in [0.2, 0.25) is 5.91 Å². The summed E-state index contributed by atoms with van der Waals surface area (Å²) in [6.07, 6.45) is 0. The molecule has 12 heavy (non-hydrogen) atoms. The lowest BCUT2D eigenvalue weighted by atomic mass is 10.2. The van der Waals surface area contributed by atoms with Gasteiger partial charge in [-0.1, -0.05) is 18.2 Å². The van der Waals surface area contributed by atoms with Crippen LogP contribution in [0.3, 0.4) is 0 Å². The van der Waals surface area contributed by atoms with E-state index < -0.39 is 0 Å². The van der Waals surface area contributed by atoms with Gasteiger partial charge >= 0.3 is 0 Å². The maximum absolute atomic E-state index is 10.4. The Morgan fingerprint density at radius 3 is 2.08 bits per heavy atom. The average Bonchev–Trinajstić information content (AvgIpc) is 2.07. The number of nitrogens with one attached hydrogen (secondary N) is 1. The van der Waals surface area contributed by atoms with E-state index in [1.54, 1.807) is 29.4 Å². The normalized spacial score (nSPS) is 7.33. The summed E-state index contributed by atoms with van der Waals surface area (Å²) in [7, 11) is 0. The first kappa shape index (κ1) is 10.5. The van der Waals surface area contributed by atoms with Crippen molar-refractivity contribution in [3.63, 3.8) is 0 Å². The topological polar surface area (TPSA) is 66.9 Å². The minimum atomic E-state index is -0.379. The number of rotatable bonds is 1. The third-order valence-corrected chi connectivity index (χ3v) is 1.06. The lowest BCUT2D eigenvalue weighted by Crippen LogP contribution is -2.09. The number of isothiocyanates is 1. The highest BCUT2D eigenvalue weighted by atomic mass is 32.1. The molecule has 3 N–H and O–H groups in total. The van der Waals surface area contributed by atoms with Crippen LogP contribution >= 0.6 is 12.2 Å². The third kappa shape index (κ3) is 4.33. The van der Waals surface area contributed by atoms with Crippen molar-refractivity contribution < 1.29 is 4.79 Å². The molecular weight excluding hydrogens is 172 g/mol. The van der Waals surface area contributed by atoms with Crippen LogP contribution in [0, 0.1) is 5.41 Å². The first-order valence-electron chi connectivity index (χ1n) is 3.11. The van der Waals surface area contributed by atoms with Crippen LogP contribution in [0.4, 0.5) is 0 Å². The summed E-state index contributed by atoms with van der Waals surface area (Å²) in [5.74, 6) is -0.379. The molecule has 0 fully saturated rings. The predicted molar refractivity (Wildman–Crippen MR) is 50.3 cm³/mol. The molecule has 0 aliphatic heterocycles. The molecule has 0 aliphatic carbocycles. The van der Waals surface area contributed by atoms with Gasteiger partial charge in [0.15, 0.2) is 0 Å². The first-order valence-corrected chi connectivity index (χ1v) is 3.52. The van der Waals surface area contributed by atoms with Crippen molar-refractivity contribution in [2.24, 2.45) is 5.73 Å². The van der Waals surface area contributed by atoms with E-state index in [-0.39, 0.29) is 5.91 Å². The van der Waals surface area contributed by atoms with Crippen molar-refractivity contribution in [3.05, 3.63) is 35.9 Å². The van der Waals surface area contributed by atoms with E-state index in [0.29, 0.717) is 5.56 Å². The number of nitrogens with two attached hydrogens (primary N) is 1. The van der Waals surface area contributed by atoms with Crippen molar-refractivity contribution >= 4 is 23.3 Å². The Balaban J connectivity index is 0.000000354. The maximum atomic E-state index is 10.4. The van der Waals surface area contributed by atoms with E-state index in [1.807, 2.05) is 6.07 Å². The summed E-state index contributed by atoms with van der Waals surface area (Å²) < 4.78 is 0. The highest BCUT2D eigenvalue weighted by Crippen LogP contribution is 1.94. The van der Waals surface area contributed by atoms with Crippen molar-refractivity contribution in [1.29, 1.82) is 5.41 Å². The largest absolute Gasteiger partial charge is 0.366 e. The molecule has 0 bridgehead atoms. The smallest absolute Gasteiger partial charge is 0.248 e. The fourth-order valence-electron chi connectivity index (χ4n) is 0.602. The Morgan fingerprint density at radius 1 is 1.42 bits per heavy atom. The molecule has 0 heterocycles. The van der Waals surface area contributed by atoms with Gasteiger partial charge < -0.3 is 5.73 Å². The van der Waals surface area contributed by atoms with Gasteiger partial charge in [-0.05, 0) is 24.4 Å². The van der Waals surface area contributed by atoms with E-state index >= 15 is 0 Å². The standard InChI is InChI=1S/C7H7NO.CHNS/c8-7(9)6-4-2-1-3-5-6;2-1-3/h1-5H,(H2,8,9);2H. The molecule has 0 radical (unpaired) electrons. The van der Waals surface area contributed by atoms with E-state index in [2.05, 4.69) is 12.2 Å². The van der Waals surface area contributed by atoms with Gasteiger partial charge in [-0.3, -0.25) is 4.79 Å². The number of amides is 1. The van der Waals surface area contributed by atoms with Gasteiger partial charge in [0.1, 0.15) is 0 Å². The molecule has 0 aromatic heterocycles. The summed E-state index contributed by atoms with van der Waals surface area (Å²) in [6.45, 7) is 0. The molecule has 0 aliphatic rings. The number of carbonyl (C=O) groups is 1. The summed E-state index contributed by atoms with van der Waals surface area (Å²) >= 11 is 3.81. The fourth-order valence-corrected chi connectivity index (χ4v) is 0.602. The van der Waals surface area contributed by atoms with Crippen molar-refractivity contribution in [1.82, 2.24) is 0 Å². The SMILES string of the molecule is N=C=S.NC(=O)c1ccccc1. The molecule has 0 atom stereocenters. The Hall–Kier alpha value is -1.51. The van der Waals surface area contributed by atoms with Crippen LogP contribution in [0.5, 0.6) is 0 Å². The summed E-state index contributed by atoms with van der Waals surface area (Å²) in [5.41, 5.74) is 5.53. The minimum absolute atomic E-state index is 0.379. The Bertz CT molecular complexity index is 278. The zero-order valence-electron chi connectivity index (χ0n) is 6.28. The van der Waals surface area contributed by atoms with Crippen molar-refractivity contribution in [2.45, 2.75) is 0 Å². The molecule has 1 amide bonds. The monoisotopic (exact) mass is 180 g/mol. The minimum Gasteiger partial charge on any atom is -0.366 e. The molecule has 0 unspecified atom stereocenters. The molecule has 0 spiro atoms. The molecule has 0 saturated heterocycles. The fraction of sp³-hybridized carbons (Fsp3) is 0. The second kappa shape index (κ2) is 6.22. The van der Waals surface area contributed by atoms with Crippen LogP contribution in [0.1, 0.15) is 10.4 Å². The average molecular weight is 180 g/mol. The van der Waals surface area contributed by atoms with E-state index in [9.17, 15) is 4.79 Å². The quantitative estimate of drug-likeness (QED) is 0.507. The van der Waals surface area contributed by atoms with Crippen LogP contribution < -0.4 is 5.73 Å². The molecule has 4 heteroatoms. The number of hydrogen-bond acceptors (Lipinski definition) is 3. The van der Waals surface area contributed by atoms with Crippen molar-refractivity contribution in [2.75, 3.05) is 0 Å². The predicted octanol–water partition coefficient (Wildman–Crippen LogP) is 1.45. The summed E-state index contributed by atoms with van der Waals surface area (Å²) in [5, 5.41) is 7.36. The highest BCUT2D eigenvalue weighted by molar-refractivity contribution is 7.78. The molecule has 0 saturated carbocycles. The van der Waals surface area contributed by atoms with E-state index in [1.165, 1.54) is 0 Å². The molecule has 3 nitrogen and oxygen atoms in total. The zero-order valence-corrected chi connectivity index (χ0v) is 7.10. The molecule has 1 aromatic rings. The lowest BCUT2D eigenvalue weighted by molar-refractivity contribution is 0.100. The number of hydrogen-bond donors (Lipinski definition) is 2. The van der Waals surface area contributed by atoms with Gasteiger partial charge in [0, 0.05) is 5.56 Å². The Kier molecular flexibility index (Phi) is 5.43. The number of carbonyl (C=O) groups excluding carboxylic acids is 1. The highest BCUT2D eigenvalue weighted by Gasteiger charge is 1.93. The van der Waals surface area contributed by atoms with Crippen LogP contribution in [-0.4, -0.2) is 11.1 Å². The lowest BCUT2D eigenvalue weighted by Gasteiger charge is -1.89. The van der Waals surface area contributed by atoms with Crippen molar-refractivity contribution in [3.8, 4) is 0 Å². The molecule has 1 rings (SSSR count). The van der Waals surface area contributed by atoms with Crippen LogP contribution in [0.25, 0.3) is 0 Å².